The molecule has 5 nitrogen and oxygen atoms in total. The zero-order valence-corrected chi connectivity index (χ0v) is 11.0. The van der Waals surface area contributed by atoms with Crippen LogP contribution in [0.2, 0.25) is 0 Å². The Labute approximate surface area is 119 Å². The van der Waals surface area contributed by atoms with Crippen LogP contribution in [0.15, 0.2) is 36.4 Å². The average molecular weight is 294 g/mol. The molecule has 21 heavy (non-hydrogen) atoms. The van der Waals surface area contributed by atoms with Gasteiger partial charge in [-0.3, -0.25) is 10.1 Å². The van der Waals surface area contributed by atoms with E-state index in [0.717, 1.165) is 12.1 Å². The molecule has 0 saturated heterocycles. The molecule has 0 saturated carbocycles. The number of nitro benzene ring substituents is 1. The molecule has 0 heterocycles. The first-order valence-electron chi connectivity index (χ1n) is 6.06. The highest BCUT2D eigenvalue weighted by molar-refractivity contribution is 5.50. The Bertz CT molecular complexity index is 690. The summed E-state index contributed by atoms with van der Waals surface area (Å²) in [5.41, 5.74) is 5.13. The van der Waals surface area contributed by atoms with Crippen LogP contribution in [0.4, 0.5) is 14.5 Å². The zero-order valence-electron chi connectivity index (χ0n) is 11.0. The van der Waals surface area contributed by atoms with Gasteiger partial charge < -0.3 is 10.5 Å². The fourth-order valence-corrected chi connectivity index (χ4v) is 1.90. The van der Waals surface area contributed by atoms with E-state index < -0.39 is 34.0 Å². The van der Waals surface area contributed by atoms with Crippen LogP contribution in [0.3, 0.4) is 0 Å². The molecule has 0 aromatic heterocycles. The van der Waals surface area contributed by atoms with Crippen LogP contribution < -0.4 is 10.5 Å². The minimum absolute atomic E-state index is 0.0232. The van der Waals surface area contributed by atoms with Gasteiger partial charge in [0, 0.05) is 17.7 Å². The first kappa shape index (κ1) is 14.9. The van der Waals surface area contributed by atoms with E-state index in [4.69, 9.17) is 10.5 Å². The maximum atomic E-state index is 13.8. The Hall–Kier alpha value is -2.54. The maximum Gasteiger partial charge on any atom is 0.314 e. The van der Waals surface area contributed by atoms with Crippen LogP contribution in [0.25, 0.3) is 0 Å². The lowest BCUT2D eigenvalue weighted by Gasteiger charge is -2.14. The van der Waals surface area contributed by atoms with Gasteiger partial charge in [-0.05, 0) is 25.1 Å². The number of halogens is 2. The Kier molecular flexibility index (Phi) is 4.13. The molecule has 0 aliphatic carbocycles. The Morgan fingerprint density at radius 3 is 2.43 bits per heavy atom. The molecule has 0 spiro atoms. The Morgan fingerprint density at radius 1 is 1.19 bits per heavy atom. The molecule has 0 amide bonds. The maximum absolute atomic E-state index is 13.8. The summed E-state index contributed by atoms with van der Waals surface area (Å²) >= 11 is 0. The van der Waals surface area contributed by atoms with E-state index in [-0.39, 0.29) is 11.3 Å². The molecule has 2 aromatic rings. The van der Waals surface area contributed by atoms with Gasteiger partial charge in [-0.2, -0.15) is 0 Å². The van der Waals surface area contributed by atoms with Crippen molar-refractivity contribution in [3.05, 3.63) is 63.7 Å². The van der Waals surface area contributed by atoms with Gasteiger partial charge in [-0.15, -0.1) is 0 Å². The topological polar surface area (TPSA) is 78.4 Å². The quantitative estimate of drug-likeness (QED) is 0.689. The van der Waals surface area contributed by atoms with Gasteiger partial charge in [0.1, 0.15) is 11.6 Å². The van der Waals surface area contributed by atoms with Crippen molar-refractivity contribution < 1.29 is 18.4 Å². The van der Waals surface area contributed by atoms with E-state index in [1.807, 2.05) is 0 Å². The van der Waals surface area contributed by atoms with E-state index >= 15 is 0 Å². The molecule has 1 unspecified atom stereocenters. The first-order valence-corrected chi connectivity index (χ1v) is 6.06. The van der Waals surface area contributed by atoms with E-state index in [9.17, 15) is 18.9 Å². The minimum Gasteiger partial charge on any atom is -0.447 e. The molecule has 0 bridgehead atoms. The van der Waals surface area contributed by atoms with Crippen molar-refractivity contribution in [2.75, 3.05) is 0 Å². The monoisotopic (exact) mass is 294 g/mol. The van der Waals surface area contributed by atoms with Gasteiger partial charge in [0.15, 0.2) is 5.82 Å². The number of para-hydroxylation sites is 1. The third-order valence-corrected chi connectivity index (χ3v) is 2.82. The number of ether oxygens (including phenoxy) is 1. The van der Waals surface area contributed by atoms with Gasteiger partial charge in [-0.25, -0.2) is 8.78 Å². The summed E-state index contributed by atoms with van der Waals surface area (Å²) in [6, 6.07) is 6.50. The fraction of sp³-hybridized carbons (Fsp3) is 0.143. The molecular formula is C14H12F2N2O3. The lowest BCUT2D eigenvalue weighted by molar-refractivity contribution is -0.385. The highest BCUT2D eigenvalue weighted by Crippen LogP contribution is 2.37. The lowest BCUT2D eigenvalue weighted by atomic mass is 10.1. The highest BCUT2D eigenvalue weighted by Gasteiger charge is 2.22. The third kappa shape index (κ3) is 2.97. The summed E-state index contributed by atoms with van der Waals surface area (Å²) < 4.78 is 32.8. The second-order valence-electron chi connectivity index (χ2n) is 4.39. The lowest BCUT2D eigenvalue weighted by Crippen LogP contribution is -2.09. The van der Waals surface area contributed by atoms with Crippen LogP contribution in [0, 0.1) is 21.7 Å². The molecule has 0 radical (unpaired) electrons. The minimum atomic E-state index is -0.913. The van der Waals surface area contributed by atoms with Crippen LogP contribution in [0.5, 0.6) is 11.5 Å². The van der Waals surface area contributed by atoms with Crippen LogP contribution >= 0.6 is 0 Å². The molecule has 0 aliphatic rings. The average Bonchev–Trinajstić information content (AvgIpc) is 2.40. The number of rotatable bonds is 4. The van der Waals surface area contributed by atoms with Crippen molar-refractivity contribution in [1.82, 2.24) is 0 Å². The van der Waals surface area contributed by atoms with Crippen molar-refractivity contribution in [2.45, 2.75) is 13.0 Å². The smallest absolute Gasteiger partial charge is 0.314 e. The highest BCUT2D eigenvalue weighted by atomic mass is 19.1. The van der Waals surface area contributed by atoms with Crippen molar-refractivity contribution in [2.24, 2.45) is 5.73 Å². The molecule has 0 fully saturated rings. The summed E-state index contributed by atoms with van der Waals surface area (Å²) in [5.74, 6) is -2.17. The van der Waals surface area contributed by atoms with Crippen molar-refractivity contribution in [1.29, 1.82) is 0 Å². The molecule has 0 aliphatic heterocycles. The van der Waals surface area contributed by atoms with Crippen LogP contribution in [-0.2, 0) is 0 Å². The predicted molar refractivity (Wildman–Crippen MR) is 72.1 cm³/mol. The third-order valence-electron chi connectivity index (χ3n) is 2.82. The van der Waals surface area contributed by atoms with Crippen LogP contribution in [0.1, 0.15) is 18.5 Å². The number of hydrogen-bond donors (Lipinski definition) is 1. The molecule has 2 rings (SSSR count). The SMILES string of the molecule is CC(N)c1c(F)cccc1Oc1c(F)cccc1[N+](=O)[O-]. The summed E-state index contributed by atoms with van der Waals surface area (Å²) in [7, 11) is 0. The van der Waals surface area contributed by atoms with Crippen LogP contribution in [-0.4, -0.2) is 4.92 Å². The summed E-state index contributed by atoms with van der Waals surface area (Å²) in [4.78, 5) is 10.1. The second kappa shape index (κ2) is 5.84. The predicted octanol–water partition coefficient (Wildman–Crippen LogP) is 3.69. The molecule has 110 valence electrons. The summed E-state index contributed by atoms with van der Waals surface area (Å²) in [6.07, 6.45) is 0. The van der Waals surface area contributed by atoms with E-state index in [1.54, 1.807) is 0 Å². The standard InChI is InChI=1S/C14H12F2N2O3/c1-8(17)13-9(15)4-3-7-12(13)21-14-10(16)5-2-6-11(14)18(19)20/h2-8H,17H2,1H3. The molecule has 2 aromatic carbocycles. The molecular weight excluding hydrogens is 282 g/mol. The fourth-order valence-electron chi connectivity index (χ4n) is 1.90. The number of nitrogens with two attached hydrogens (primary N) is 1. The number of benzene rings is 2. The first-order chi connectivity index (χ1) is 9.91. The summed E-state index contributed by atoms with van der Waals surface area (Å²) in [6.45, 7) is 1.53. The number of nitrogens with zero attached hydrogens (tertiary/aromatic N) is 1. The number of hydrogen-bond acceptors (Lipinski definition) is 4. The summed E-state index contributed by atoms with van der Waals surface area (Å²) in [5, 5.41) is 10.9. The van der Waals surface area contributed by atoms with E-state index in [1.165, 1.54) is 31.2 Å². The van der Waals surface area contributed by atoms with E-state index in [0.29, 0.717) is 0 Å². The molecule has 2 N–H and O–H groups in total. The normalized spacial score (nSPS) is 12.0. The largest absolute Gasteiger partial charge is 0.447 e. The zero-order chi connectivity index (χ0) is 15.6. The second-order valence-corrected chi connectivity index (χ2v) is 4.39. The van der Waals surface area contributed by atoms with Gasteiger partial charge in [-0.1, -0.05) is 12.1 Å². The van der Waals surface area contributed by atoms with Gasteiger partial charge in [0.2, 0.25) is 5.75 Å². The number of nitro groups is 1. The van der Waals surface area contributed by atoms with E-state index in [2.05, 4.69) is 0 Å². The van der Waals surface area contributed by atoms with Gasteiger partial charge in [0.25, 0.3) is 0 Å². The van der Waals surface area contributed by atoms with Crippen molar-refractivity contribution in [3.8, 4) is 11.5 Å². The van der Waals surface area contributed by atoms with Gasteiger partial charge >= 0.3 is 5.69 Å². The Morgan fingerprint density at radius 2 is 1.81 bits per heavy atom. The molecule has 7 heteroatoms. The van der Waals surface area contributed by atoms with Crippen molar-refractivity contribution >= 4 is 5.69 Å². The molecule has 1 atom stereocenters. The van der Waals surface area contributed by atoms with Crippen molar-refractivity contribution in [3.63, 3.8) is 0 Å². The Balaban J connectivity index is 2.54. The van der Waals surface area contributed by atoms with Gasteiger partial charge in [0.05, 0.1) is 4.92 Å².